The van der Waals surface area contributed by atoms with Crippen molar-refractivity contribution in [3.63, 3.8) is 0 Å². The molecule has 0 radical (unpaired) electrons. The molecule has 1 aromatic carbocycles. The fourth-order valence-electron chi connectivity index (χ4n) is 3.20. The van der Waals surface area contributed by atoms with Crippen molar-refractivity contribution in [2.24, 2.45) is 17.6 Å². The zero-order valence-electron chi connectivity index (χ0n) is 16.3. The van der Waals surface area contributed by atoms with Gasteiger partial charge in [0, 0.05) is 25.4 Å². The van der Waals surface area contributed by atoms with Gasteiger partial charge in [-0.05, 0) is 24.3 Å². The van der Waals surface area contributed by atoms with E-state index in [1.165, 1.54) is 0 Å². The van der Waals surface area contributed by atoms with Crippen molar-refractivity contribution in [3.05, 3.63) is 35.9 Å². The van der Waals surface area contributed by atoms with Gasteiger partial charge in [0.05, 0.1) is 6.04 Å². The van der Waals surface area contributed by atoms with Gasteiger partial charge in [-0.2, -0.15) is 0 Å². The fraction of sp³-hybridized carbons (Fsp3) is 0.550. The molecule has 28 heavy (non-hydrogen) atoms. The number of carbonyl (C=O) groups is 3. The normalized spacial score (nSPS) is 16.8. The third kappa shape index (κ3) is 6.49. The van der Waals surface area contributed by atoms with Crippen LogP contribution in [-0.2, 0) is 20.8 Å². The Kier molecular flexibility index (Phi) is 9.41. The lowest BCUT2D eigenvalue weighted by Gasteiger charge is -2.34. The van der Waals surface area contributed by atoms with E-state index in [4.69, 9.17) is 5.73 Å². The molecule has 8 heteroatoms. The van der Waals surface area contributed by atoms with E-state index in [9.17, 15) is 19.5 Å². The summed E-state index contributed by atoms with van der Waals surface area (Å²) in [6.07, 6.45) is 1.27. The smallest absolute Gasteiger partial charge is 0.326 e. The van der Waals surface area contributed by atoms with Gasteiger partial charge < -0.3 is 21.1 Å². The molecular formula is C20H30ClN3O4. The Bertz CT molecular complexity index is 661. The van der Waals surface area contributed by atoms with E-state index in [0.717, 1.165) is 5.56 Å². The maximum atomic E-state index is 12.5. The Hall–Kier alpha value is -2.12. The van der Waals surface area contributed by atoms with E-state index in [0.29, 0.717) is 25.9 Å². The molecule has 2 rings (SSSR count). The largest absolute Gasteiger partial charge is 0.480 e. The average Bonchev–Trinajstić information content (AvgIpc) is 2.67. The molecule has 1 aromatic rings. The van der Waals surface area contributed by atoms with Gasteiger partial charge in [-0.1, -0.05) is 44.2 Å². The standard InChI is InChI=1S/C20H29N3O4.ClH/c1-13(2)17(21)19(25)23-10-8-15(9-11-23)18(24)22-16(20(26)27)12-14-6-4-3-5-7-14;/h3-7,13,15-17H,8-12,21H2,1-2H3,(H,22,24)(H,26,27);1H/t16-,17-;/m0./s1. The first-order chi connectivity index (χ1) is 12.8. The van der Waals surface area contributed by atoms with Crippen molar-refractivity contribution in [1.29, 1.82) is 0 Å². The van der Waals surface area contributed by atoms with Gasteiger partial charge in [0.25, 0.3) is 0 Å². The predicted octanol–water partition coefficient (Wildman–Crippen LogP) is 1.44. The predicted molar refractivity (Wildman–Crippen MR) is 109 cm³/mol. The number of benzene rings is 1. The van der Waals surface area contributed by atoms with Gasteiger partial charge in [-0.25, -0.2) is 4.79 Å². The zero-order chi connectivity index (χ0) is 20.0. The van der Waals surface area contributed by atoms with E-state index >= 15 is 0 Å². The summed E-state index contributed by atoms with van der Waals surface area (Å²) in [6.45, 7) is 4.74. The van der Waals surface area contributed by atoms with Crippen molar-refractivity contribution < 1.29 is 19.5 Å². The number of aliphatic carboxylic acids is 1. The number of piperidine rings is 1. The Labute approximate surface area is 172 Å². The maximum absolute atomic E-state index is 12.5. The molecule has 1 aliphatic rings. The number of nitrogens with zero attached hydrogens (tertiary/aromatic N) is 1. The van der Waals surface area contributed by atoms with Gasteiger partial charge in [0.2, 0.25) is 11.8 Å². The van der Waals surface area contributed by atoms with Crippen LogP contribution < -0.4 is 11.1 Å². The summed E-state index contributed by atoms with van der Waals surface area (Å²) in [5.41, 5.74) is 6.78. The molecule has 0 aromatic heterocycles. The van der Waals surface area contributed by atoms with E-state index in [1.807, 2.05) is 44.2 Å². The number of carboxylic acids is 1. The Morgan fingerprint density at radius 1 is 1.18 bits per heavy atom. The number of rotatable bonds is 7. The second-order valence-corrected chi connectivity index (χ2v) is 7.46. The van der Waals surface area contributed by atoms with Crippen LogP contribution in [0, 0.1) is 11.8 Å². The number of hydrogen-bond donors (Lipinski definition) is 3. The van der Waals surface area contributed by atoms with Crippen LogP contribution in [0.1, 0.15) is 32.3 Å². The quantitative estimate of drug-likeness (QED) is 0.628. The van der Waals surface area contributed by atoms with Crippen molar-refractivity contribution in [3.8, 4) is 0 Å². The van der Waals surface area contributed by atoms with Crippen molar-refractivity contribution in [2.45, 2.75) is 45.2 Å². The molecule has 0 bridgehead atoms. The molecule has 156 valence electrons. The second-order valence-electron chi connectivity index (χ2n) is 7.46. The van der Waals surface area contributed by atoms with E-state index in [-0.39, 0.29) is 42.5 Å². The third-order valence-electron chi connectivity index (χ3n) is 5.08. The van der Waals surface area contributed by atoms with Crippen LogP contribution >= 0.6 is 12.4 Å². The van der Waals surface area contributed by atoms with Gasteiger partial charge in [-0.3, -0.25) is 9.59 Å². The summed E-state index contributed by atoms with van der Waals surface area (Å²) in [5, 5.41) is 12.1. The summed E-state index contributed by atoms with van der Waals surface area (Å²) >= 11 is 0. The number of hydrogen-bond acceptors (Lipinski definition) is 4. The average molecular weight is 412 g/mol. The van der Waals surface area contributed by atoms with Crippen LogP contribution in [0.15, 0.2) is 30.3 Å². The molecular weight excluding hydrogens is 382 g/mol. The molecule has 1 heterocycles. The first-order valence-corrected chi connectivity index (χ1v) is 9.41. The Morgan fingerprint density at radius 2 is 1.75 bits per heavy atom. The number of halogens is 1. The third-order valence-corrected chi connectivity index (χ3v) is 5.08. The van der Waals surface area contributed by atoms with Crippen LogP contribution in [0.5, 0.6) is 0 Å². The summed E-state index contributed by atoms with van der Waals surface area (Å²) in [5.74, 6) is -1.63. The monoisotopic (exact) mass is 411 g/mol. The summed E-state index contributed by atoms with van der Waals surface area (Å²) in [4.78, 5) is 38.1. The molecule has 0 saturated carbocycles. The van der Waals surface area contributed by atoms with E-state index < -0.39 is 18.1 Å². The van der Waals surface area contributed by atoms with Gasteiger partial charge in [-0.15, -0.1) is 12.4 Å². The van der Waals surface area contributed by atoms with Crippen molar-refractivity contribution >= 4 is 30.2 Å². The van der Waals surface area contributed by atoms with E-state index in [2.05, 4.69) is 5.32 Å². The summed E-state index contributed by atoms with van der Waals surface area (Å²) in [7, 11) is 0. The Morgan fingerprint density at radius 3 is 2.25 bits per heavy atom. The topological polar surface area (TPSA) is 113 Å². The lowest BCUT2D eigenvalue weighted by Crippen LogP contribution is -2.51. The summed E-state index contributed by atoms with van der Waals surface area (Å²) in [6, 6.07) is 7.72. The number of nitrogens with two attached hydrogens (primary N) is 1. The number of carboxylic acid groups (broad SMARTS) is 1. The molecule has 0 spiro atoms. The van der Waals surface area contributed by atoms with Gasteiger partial charge in [0.1, 0.15) is 6.04 Å². The van der Waals surface area contributed by atoms with Crippen molar-refractivity contribution in [2.75, 3.05) is 13.1 Å². The molecule has 1 aliphatic heterocycles. The molecule has 0 aliphatic carbocycles. The molecule has 2 amide bonds. The van der Waals surface area contributed by atoms with Crippen LogP contribution in [0.2, 0.25) is 0 Å². The second kappa shape index (κ2) is 11.0. The highest BCUT2D eigenvalue weighted by Gasteiger charge is 2.32. The number of likely N-dealkylation sites (tertiary alicyclic amines) is 1. The minimum atomic E-state index is -1.05. The van der Waals surface area contributed by atoms with E-state index in [1.54, 1.807) is 4.90 Å². The van der Waals surface area contributed by atoms with Crippen LogP contribution in [-0.4, -0.2) is 53.0 Å². The highest BCUT2D eigenvalue weighted by Crippen LogP contribution is 2.19. The lowest BCUT2D eigenvalue weighted by atomic mass is 9.94. The molecule has 1 fully saturated rings. The first kappa shape index (κ1) is 23.9. The fourth-order valence-corrected chi connectivity index (χ4v) is 3.20. The Balaban J connectivity index is 0.00000392. The molecule has 4 N–H and O–H groups in total. The molecule has 0 unspecified atom stereocenters. The highest BCUT2D eigenvalue weighted by atomic mass is 35.5. The molecule has 2 atom stereocenters. The highest BCUT2D eigenvalue weighted by molar-refractivity contribution is 5.86. The SMILES string of the molecule is CC(C)[C@H](N)C(=O)N1CCC(C(=O)N[C@@H](Cc2ccccc2)C(=O)O)CC1.Cl. The van der Waals surface area contributed by atoms with Gasteiger partial charge in [0.15, 0.2) is 0 Å². The van der Waals surface area contributed by atoms with Gasteiger partial charge >= 0.3 is 5.97 Å². The summed E-state index contributed by atoms with van der Waals surface area (Å²) < 4.78 is 0. The van der Waals surface area contributed by atoms with Crippen molar-refractivity contribution in [1.82, 2.24) is 10.2 Å². The minimum absolute atomic E-state index is 0. The zero-order valence-corrected chi connectivity index (χ0v) is 17.2. The molecule has 7 nitrogen and oxygen atoms in total. The number of amides is 2. The van der Waals surface area contributed by atoms with Crippen LogP contribution in [0.3, 0.4) is 0 Å². The van der Waals surface area contributed by atoms with Crippen LogP contribution in [0.25, 0.3) is 0 Å². The minimum Gasteiger partial charge on any atom is -0.480 e. The number of nitrogens with one attached hydrogen (secondary N) is 1. The van der Waals surface area contributed by atoms with Crippen LogP contribution in [0.4, 0.5) is 0 Å². The maximum Gasteiger partial charge on any atom is 0.326 e. The number of carbonyl (C=O) groups excluding carboxylic acids is 2. The first-order valence-electron chi connectivity index (χ1n) is 9.41. The molecule has 1 saturated heterocycles. The lowest BCUT2D eigenvalue weighted by molar-refractivity contribution is -0.143.